The first-order valence-corrected chi connectivity index (χ1v) is 10.8. The average molecular weight is 403 g/mol. The molecular formula is C19H26N6O2S. The van der Waals surface area contributed by atoms with E-state index >= 15 is 0 Å². The third kappa shape index (κ3) is 3.94. The number of aromatic nitrogens is 4. The fraction of sp³-hybridized carbons (Fsp3) is 0.632. The summed E-state index contributed by atoms with van der Waals surface area (Å²) in [4.78, 5) is 38.5. The molecule has 4 heterocycles. The van der Waals surface area contributed by atoms with E-state index in [0.717, 1.165) is 55.9 Å². The zero-order valence-corrected chi connectivity index (χ0v) is 17.0. The highest BCUT2D eigenvalue weighted by atomic mass is 32.1. The molecule has 9 heteroatoms. The molecule has 0 saturated carbocycles. The zero-order valence-electron chi connectivity index (χ0n) is 16.2. The molecule has 2 saturated heterocycles. The van der Waals surface area contributed by atoms with Crippen LogP contribution in [0.5, 0.6) is 0 Å². The highest BCUT2D eigenvalue weighted by molar-refractivity contribution is 7.11. The molecular weight excluding hydrogens is 376 g/mol. The number of aryl methyl sites for hydroxylation is 1. The van der Waals surface area contributed by atoms with Gasteiger partial charge < -0.3 is 9.80 Å². The standard InChI is InChI=1S/C19H26N6O2S/c1-14-18(28-13-21-14)19(27)25-7-3-2-4-16(25)15-5-8-23(9-6-15)17(26)10-24-12-20-11-22-24/h11-13,15-16H,2-10H2,1H3. The number of hydrogen-bond donors (Lipinski definition) is 0. The summed E-state index contributed by atoms with van der Waals surface area (Å²) in [7, 11) is 0. The predicted octanol–water partition coefficient (Wildman–Crippen LogP) is 1.98. The Morgan fingerprint density at radius 1 is 1.18 bits per heavy atom. The Kier molecular flexibility index (Phi) is 5.70. The minimum atomic E-state index is 0.0841. The van der Waals surface area contributed by atoms with Crippen molar-refractivity contribution in [2.75, 3.05) is 19.6 Å². The number of amides is 2. The highest BCUT2D eigenvalue weighted by Gasteiger charge is 2.36. The van der Waals surface area contributed by atoms with Crippen LogP contribution in [0.4, 0.5) is 0 Å². The van der Waals surface area contributed by atoms with Crippen molar-refractivity contribution >= 4 is 23.2 Å². The molecule has 0 aromatic carbocycles. The minimum Gasteiger partial charge on any atom is -0.341 e. The van der Waals surface area contributed by atoms with E-state index in [-0.39, 0.29) is 24.4 Å². The summed E-state index contributed by atoms with van der Waals surface area (Å²) in [5.41, 5.74) is 2.58. The smallest absolute Gasteiger partial charge is 0.266 e. The Labute approximate surface area is 168 Å². The Bertz CT molecular complexity index is 812. The number of likely N-dealkylation sites (tertiary alicyclic amines) is 2. The summed E-state index contributed by atoms with van der Waals surface area (Å²) in [5, 5.41) is 4.01. The van der Waals surface area contributed by atoms with Crippen molar-refractivity contribution in [2.45, 2.75) is 51.6 Å². The second-order valence-corrected chi connectivity index (χ2v) is 8.49. The maximum Gasteiger partial charge on any atom is 0.266 e. The highest BCUT2D eigenvalue weighted by Crippen LogP contribution is 2.32. The van der Waals surface area contributed by atoms with Gasteiger partial charge in [0.2, 0.25) is 5.91 Å². The molecule has 2 fully saturated rings. The van der Waals surface area contributed by atoms with Crippen LogP contribution in [0, 0.1) is 12.8 Å². The second-order valence-electron chi connectivity index (χ2n) is 7.64. The van der Waals surface area contributed by atoms with Gasteiger partial charge in [-0.25, -0.2) is 14.6 Å². The first kappa shape index (κ1) is 19.0. The van der Waals surface area contributed by atoms with Crippen LogP contribution in [0.2, 0.25) is 0 Å². The van der Waals surface area contributed by atoms with Crippen molar-refractivity contribution in [1.29, 1.82) is 0 Å². The lowest BCUT2D eigenvalue weighted by molar-refractivity contribution is -0.133. The number of nitrogens with zero attached hydrogens (tertiary/aromatic N) is 6. The van der Waals surface area contributed by atoms with Crippen molar-refractivity contribution in [1.82, 2.24) is 29.5 Å². The molecule has 0 spiro atoms. The van der Waals surface area contributed by atoms with Gasteiger partial charge in [-0.2, -0.15) is 5.10 Å². The van der Waals surface area contributed by atoms with Gasteiger partial charge in [-0.1, -0.05) is 0 Å². The van der Waals surface area contributed by atoms with Crippen molar-refractivity contribution < 1.29 is 9.59 Å². The van der Waals surface area contributed by atoms with E-state index < -0.39 is 0 Å². The predicted molar refractivity (Wildman–Crippen MR) is 105 cm³/mol. The molecule has 2 aromatic rings. The fourth-order valence-electron chi connectivity index (χ4n) is 4.42. The van der Waals surface area contributed by atoms with Crippen LogP contribution >= 0.6 is 11.3 Å². The molecule has 4 rings (SSSR count). The van der Waals surface area contributed by atoms with Crippen LogP contribution in [0.25, 0.3) is 0 Å². The average Bonchev–Trinajstić information content (AvgIpc) is 3.39. The van der Waals surface area contributed by atoms with E-state index in [9.17, 15) is 9.59 Å². The molecule has 2 aromatic heterocycles. The molecule has 2 amide bonds. The lowest BCUT2D eigenvalue weighted by Crippen LogP contribution is -2.51. The Morgan fingerprint density at radius 2 is 2.00 bits per heavy atom. The van der Waals surface area contributed by atoms with Crippen LogP contribution in [0.15, 0.2) is 18.2 Å². The molecule has 0 radical (unpaired) electrons. The molecule has 0 bridgehead atoms. The van der Waals surface area contributed by atoms with Crippen LogP contribution in [0.1, 0.15) is 47.5 Å². The van der Waals surface area contributed by atoms with Crippen LogP contribution in [-0.2, 0) is 11.3 Å². The van der Waals surface area contributed by atoms with Gasteiger partial charge in [-0.15, -0.1) is 11.3 Å². The normalized spacial score (nSPS) is 21.1. The molecule has 2 aliphatic rings. The van der Waals surface area contributed by atoms with Gasteiger partial charge in [0.25, 0.3) is 5.91 Å². The lowest BCUT2D eigenvalue weighted by Gasteiger charge is -2.43. The topological polar surface area (TPSA) is 84.2 Å². The molecule has 150 valence electrons. The lowest BCUT2D eigenvalue weighted by atomic mass is 9.83. The number of piperidine rings is 2. The van der Waals surface area contributed by atoms with Crippen molar-refractivity contribution in [3.8, 4) is 0 Å². The second kappa shape index (κ2) is 8.38. The molecule has 28 heavy (non-hydrogen) atoms. The number of rotatable bonds is 4. The van der Waals surface area contributed by atoms with E-state index in [4.69, 9.17) is 0 Å². The van der Waals surface area contributed by atoms with Crippen molar-refractivity contribution in [2.24, 2.45) is 5.92 Å². The van der Waals surface area contributed by atoms with Gasteiger partial charge in [0.1, 0.15) is 24.1 Å². The van der Waals surface area contributed by atoms with Crippen LogP contribution in [-0.4, -0.2) is 67.0 Å². The molecule has 0 aliphatic carbocycles. The quantitative estimate of drug-likeness (QED) is 0.781. The minimum absolute atomic E-state index is 0.0841. The van der Waals surface area contributed by atoms with Gasteiger partial charge in [0.05, 0.1) is 11.2 Å². The van der Waals surface area contributed by atoms with Gasteiger partial charge >= 0.3 is 0 Å². The van der Waals surface area contributed by atoms with E-state index in [2.05, 4.69) is 20.0 Å². The van der Waals surface area contributed by atoms with E-state index in [1.807, 2.05) is 11.8 Å². The van der Waals surface area contributed by atoms with Gasteiger partial charge in [0, 0.05) is 25.7 Å². The first-order valence-electron chi connectivity index (χ1n) is 9.94. The third-order valence-electron chi connectivity index (χ3n) is 5.95. The Balaban J connectivity index is 1.37. The zero-order chi connectivity index (χ0) is 19.5. The summed E-state index contributed by atoms with van der Waals surface area (Å²) >= 11 is 1.44. The summed E-state index contributed by atoms with van der Waals surface area (Å²) < 4.78 is 1.56. The summed E-state index contributed by atoms with van der Waals surface area (Å²) in [6.07, 6.45) is 8.19. The van der Waals surface area contributed by atoms with Crippen molar-refractivity contribution in [3.63, 3.8) is 0 Å². The number of carbonyl (C=O) groups excluding carboxylic acids is 2. The van der Waals surface area contributed by atoms with Crippen molar-refractivity contribution in [3.05, 3.63) is 28.7 Å². The molecule has 8 nitrogen and oxygen atoms in total. The van der Waals surface area contributed by atoms with E-state index in [1.165, 1.54) is 24.1 Å². The third-order valence-corrected chi connectivity index (χ3v) is 6.87. The summed E-state index contributed by atoms with van der Waals surface area (Å²) in [6, 6.07) is 0.273. The Morgan fingerprint density at radius 3 is 2.68 bits per heavy atom. The van der Waals surface area contributed by atoms with Crippen LogP contribution in [0.3, 0.4) is 0 Å². The first-order chi connectivity index (χ1) is 13.6. The van der Waals surface area contributed by atoms with Gasteiger partial charge in [-0.05, 0) is 44.9 Å². The molecule has 0 N–H and O–H groups in total. The molecule has 1 unspecified atom stereocenters. The molecule has 1 atom stereocenters. The van der Waals surface area contributed by atoms with E-state index in [1.54, 1.807) is 16.5 Å². The maximum atomic E-state index is 13.1. The Hall–Kier alpha value is -2.29. The largest absolute Gasteiger partial charge is 0.341 e. The SMILES string of the molecule is Cc1ncsc1C(=O)N1CCCCC1C1CCN(C(=O)Cn2cncn2)CC1. The van der Waals surface area contributed by atoms with Crippen LogP contribution < -0.4 is 0 Å². The fourth-order valence-corrected chi connectivity index (χ4v) is 5.18. The molecule has 2 aliphatic heterocycles. The summed E-state index contributed by atoms with van der Waals surface area (Å²) in [5.74, 6) is 0.670. The monoisotopic (exact) mass is 402 g/mol. The number of thiazole rings is 1. The summed E-state index contributed by atoms with van der Waals surface area (Å²) in [6.45, 7) is 4.46. The number of hydrogen-bond acceptors (Lipinski definition) is 6. The van der Waals surface area contributed by atoms with E-state index in [0.29, 0.717) is 5.92 Å². The number of carbonyl (C=O) groups is 2. The van der Waals surface area contributed by atoms with Gasteiger partial charge in [-0.3, -0.25) is 9.59 Å². The maximum absolute atomic E-state index is 13.1. The van der Waals surface area contributed by atoms with Gasteiger partial charge in [0.15, 0.2) is 0 Å².